The summed E-state index contributed by atoms with van der Waals surface area (Å²) in [6, 6.07) is 21.6. The van der Waals surface area contributed by atoms with Crippen LogP contribution in [0.2, 0.25) is 0 Å². The zero-order valence-electron chi connectivity index (χ0n) is 26.5. The van der Waals surface area contributed by atoms with Crippen molar-refractivity contribution in [1.82, 2.24) is 9.13 Å². The van der Waals surface area contributed by atoms with Crippen molar-refractivity contribution in [1.29, 1.82) is 0 Å². The number of carbonyl (C=O) groups is 2. The van der Waals surface area contributed by atoms with Gasteiger partial charge in [0.2, 0.25) is 0 Å². The van der Waals surface area contributed by atoms with Gasteiger partial charge in [0.1, 0.15) is 5.82 Å². The molecular formula is C37H32FN3O5S. The second kappa shape index (κ2) is 12.8. The number of carbonyl (C=O) groups excluding carboxylic acids is 2. The SMILES string of the molecule is CCOC(=O)C1=C(c2ccccc2)N=c2s/c(=C/c3cc(C)n(-c4cccc(C(=O)OC)c4C)c3C)c(=O)n2[C@@H]1c1ccc(F)cc1. The van der Waals surface area contributed by atoms with Crippen molar-refractivity contribution in [2.75, 3.05) is 13.7 Å². The van der Waals surface area contributed by atoms with Gasteiger partial charge in [-0.3, -0.25) is 9.36 Å². The van der Waals surface area contributed by atoms with Crippen LogP contribution in [0.4, 0.5) is 4.39 Å². The number of ether oxygens (including phenoxy) is 2. The van der Waals surface area contributed by atoms with Crippen LogP contribution < -0.4 is 14.9 Å². The van der Waals surface area contributed by atoms with Crippen LogP contribution in [0.1, 0.15) is 57.0 Å². The lowest BCUT2D eigenvalue weighted by molar-refractivity contribution is -0.138. The molecule has 0 N–H and O–H groups in total. The van der Waals surface area contributed by atoms with E-state index in [4.69, 9.17) is 14.5 Å². The van der Waals surface area contributed by atoms with Gasteiger partial charge in [0.05, 0.1) is 41.1 Å². The number of aryl methyl sites for hydroxylation is 1. The smallest absolute Gasteiger partial charge is 0.338 e. The highest BCUT2D eigenvalue weighted by molar-refractivity contribution is 7.07. The number of fused-ring (bicyclic) bond motifs is 1. The summed E-state index contributed by atoms with van der Waals surface area (Å²) in [5, 5.41) is 0. The minimum Gasteiger partial charge on any atom is -0.465 e. The standard InChI is InChI=1S/C37H32FN3O5S/c1-6-46-36(44)31-32(24-11-8-7-9-12-24)39-37-41(33(31)25-15-17-27(38)18-16-25)34(42)30(47-37)20-26-19-21(2)40(23(26)4)29-14-10-13-28(22(29)3)35(43)45-5/h7-20,33H,6H2,1-5H3/b30-20+/t33-/m1/s1. The largest absolute Gasteiger partial charge is 0.465 e. The Balaban J connectivity index is 1.58. The topological polar surface area (TPSA) is 91.9 Å². The Hall–Kier alpha value is -5.35. The minimum absolute atomic E-state index is 0.128. The van der Waals surface area contributed by atoms with E-state index in [-0.39, 0.29) is 17.7 Å². The predicted molar refractivity (Wildman–Crippen MR) is 179 cm³/mol. The van der Waals surface area contributed by atoms with E-state index in [1.54, 1.807) is 25.1 Å². The molecule has 0 bridgehead atoms. The lowest BCUT2D eigenvalue weighted by Gasteiger charge is -2.25. The Morgan fingerprint density at radius 1 is 0.979 bits per heavy atom. The van der Waals surface area contributed by atoms with Gasteiger partial charge in [-0.25, -0.2) is 19.0 Å². The van der Waals surface area contributed by atoms with Crippen LogP contribution in [0.3, 0.4) is 0 Å². The first-order chi connectivity index (χ1) is 22.6. The first-order valence-corrected chi connectivity index (χ1v) is 15.9. The highest BCUT2D eigenvalue weighted by Crippen LogP contribution is 2.35. The molecule has 5 aromatic rings. The molecule has 0 radical (unpaired) electrons. The molecule has 3 aromatic carbocycles. The Labute approximate surface area is 274 Å². The van der Waals surface area contributed by atoms with Crippen LogP contribution in [0, 0.1) is 26.6 Å². The molecule has 0 amide bonds. The van der Waals surface area contributed by atoms with E-state index in [0.29, 0.717) is 31.7 Å². The molecular weight excluding hydrogens is 617 g/mol. The minimum atomic E-state index is -0.903. The number of hydrogen-bond acceptors (Lipinski definition) is 7. The number of methoxy groups -OCH3 is 1. The quantitative estimate of drug-likeness (QED) is 0.215. The average Bonchev–Trinajstić information content (AvgIpc) is 3.53. The Bertz CT molecular complexity index is 2250. The molecule has 0 aliphatic carbocycles. The number of thiazole rings is 1. The van der Waals surface area contributed by atoms with Crippen LogP contribution in [0.15, 0.2) is 94.2 Å². The predicted octanol–water partition coefficient (Wildman–Crippen LogP) is 5.58. The molecule has 8 nitrogen and oxygen atoms in total. The molecule has 0 unspecified atom stereocenters. The lowest BCUT2D eigenvalue weighted by atomic mass is 9.93. The van der Waals surface area contributed by atoms with Gasteiger partial charge in [0.25, 0.3) is 5.56 Å². The number of rotatable bonds is 7. The molecule has 0 fully saturated rings. The molecule has 0 saturated carbocycles. The number of halogens is 1. The highest BCUT2D eigenvalue weighted by Gasteiger charge is 2.35. The molecule has 3 heterocycles. The summed E-state index contributed by atoms with van der Waals surface area (Å²) >= 11 is 1.21. The highest BCUT2D eigenvalue weighted by atomic mass is 32.1. The van der Waals surface area contributed by atoms with Crippen molar-refractivity contribution in [2.45, 2.75) is 33.7 Å². The Morgan fingerprint density at radius 2 is 1.70 bits per heavy atom. The normalized spacial score (nSPS) is 14.5. The fourth-order valence-corrected chi connectivity index (χ4v) is 7.04. The number of benzene rings is 3. The zero-order chi connectivity index (χ0) is 33.4. The molecule has 47 heavy (non-hydrogen) atoms. The molecule has 10 heteroatoms. The third kappa shape index (κ3) is 5.65. The van der Waals surface area contributed by atoms with Gasteiger partial charge >= 0.3 is 11.9 Å². The molecule has 0 spiro atoms. The third-order valence-corrected chi connectivity index (χ3v) is 9.25. The molecule has 0 saturated heterocycles. The summed E-state index contributed by atoms with van der Waals surface area (Å²) in [6.45, 7) is 7.63. The molecule has 238 valence electrons. The van der Waals surface area contributed by atoms with E-state index >= 15 is 0 Å². The number of hydrogen-bond donors (Lipinski definition) is 0. The maximum atomic E-state index is 14.3. The van der Waals surface area contributed by atoms with Gasteiger partial charge in [-0.2, -0.15) is 0 Å². The van der Waals surface area contributed by atoms with E-state index in [0.717, 1.165) is 28.2 Å². The van der Waals surface area contributed by atoms with Crippen molar-refractivity contribution in [3.8, 4) is 5.69 Å². The third-order valence-electron chi connectivity index (χ3n) is 8.27. The summed E-state index contributed by atoms with van der Waals surface area (Å²) in [6.07, 6.45) is 1.82. The summed E-state index contributed by atoms with van der Waals surface area (Å²) in [4.78, 5) is 45.6. The van der Waals surface area contributed by atoms with Crippen LogP contribution in [0.5, 0.6) is 0 Å². The lowest BCUT2D eigenvalue weighted by Crippen LogP contribution is -2.40. The number of aromatic nitrogens is 2. The number of esters is 2. The summed E-state index contributed by atoms with van der Waals surface area (Å²) in [7, 11) is 1.35. The van der Waals surface area contributed by atoms with Crippen LogP contribution in [-0.4, -0.2) is 34.8 Å². The summed E-state index contributed by atoms with van der Waals surface area (Å²) in [5.74, 6) is -1.46. The van der Waals surface area contributed by atoms with Crippen molar-refractivity contribution in [3.05, 3.63) is 149 Å². The van der Waals surface area contributed by atoms with Crippen LogP contribution in [0.25, 0.3) is 17.5 Å². The summed E-state index contributed by atoms with van der Waals surface area (Å²) in [5.41, 5.74) is 6.13. The fourth-order valence-electron chi connectivity index (χ4n) is 6.04. The van der Waals surface area contributed by atoms with Gasteiger partial charge in [-0.15, -0.1) is 0 Å². The second-order valence-electron chi connectivity index (χ2n) is 11.1. The van der Waals surface area contributed by atoms with E-state index in [1.807, 2.05) is 79.9 Å². The van der Waals surface area contributed by atoms with Gasteiger partial charge in [-0.1, -0.05) is 59.9 Å². The van der Waals surface area contributed by atoms with E-state index in [9.17, 15) is 18.8 Å². The zero-order valence-corrected chi connectivity index (χ0v) is 27.4. The summed E-state index contributed by atoms with van der Waals surface area (Å²) < 4.78 is 28.5. The Morgan fingerprint density at radius 3 is 2.38 bits per heavy atom. The van der Waals surface area contributed by atoms with Crippen molar-refractivity contribution in [3.63, 3.8) is 0 Å². The molecule has 2 aromatic heterocycles. The second-order valence-corrected chi connectivity index (χ2v) is 12.1. The molecule has 1 atom stereocenters. The fraction of sp³-hybridized carbons (Fsp3) is 0.189. The Kier molecular flexibility index (Phi) is 8.62. The van der Waals surface area contributed by atoms with Gasteiger partial charge in [0, 0.05) is 22.6 Å². The molecule has 1 aliphatic rings. The first-order valence-electron chi connectivity index (χ1n) is 15.1. The maximum absolute atomic E-state index is 14.3. The van der Waals surface area contributed by atoms with Crippen molar-refractivity contribution in [2.24, 2.45) is 4.99 Å². The van der Waals surface area contributed by atoms with Gasteiger partial charge in [0.15, 0.2) is 4.80 Å². The first kappa shape index (κ1) is 31.6. The van der Waals surface area contributed by atoms with E-state index in [1.165, 1.54) is 35.1 Å². The van der Waals surface area contributed by atoms with Crippen LogP contribution >= 0.6 is 11.3 Å². The van der Waals surface area contributed by atoms with Crippen LogP contribution in [-0.2, 0) is 14.3 Å². The van der Waals surface area contributed by atoms with Crippen molar-refractivity contribution >= 4 is 35.0 Å². The molecule has 1 aliphatic heterocycles. The van der Waals surface area contributed by atoms with Gasteiger partial charge < -0.3 is 14.0 Å². The molecule has 6 rings (SSSR count). The number of nitrogens with zero attached hydrogens (tertiary/aromatic N) is 3. The van der Waals surface area contributed by atoms with Gasteiger partial charge in [-0.05, 0) is 80.8 Å². The monoisotopic (exact) mass is 649 g/mol. The van der Waals surface area contributed by atoms with E-state index < -0.39 is 23.8 Å². The maximum Gasteiger partial charge on any atom is 0.338 e. The van der Waals surface area contributed by atoms with E-state index in [2.05, 4.69) is 0 Å². The average molecular weight is 650 g/mol. The van der Waals surface area contributed by atoms with Crippen molar-refractivity contribution < 1.29 is 23.5 Å².